The van der Waals surface area contributed by atoms with Gasteiger partial charge in [-0.15, -0.1) is 0 Å². The topological polar surface area (TPSA) is 15.3 Å². The Bertz CT molecular complexity index is 237. The van der Waals surface area contributed by atoms with E-state index in [0.29, 0.717) is 5.41 Å². The third-order valence-electron chi connectivity index (χ3n) is 3.62. The van der Waals surface area contributed by atoms with E-state index in [9.17, 15) is 0 Å². The number of piperidine rings is 1. The van der Waals surface area contributed by atoms with Gasteiger partial charge in [-0.05, 0) is 58.4 Å². The minimum Gasteiger partial charge on any atom is -0.311 e. The van der Waals surface area contributed by atoms with E-state index >= 15 is 0 Å². The molecule has 0 aromatic carbocycles. The van der Waals surface area contributed by atoms with Crippen molar-refractivity contribution in [3.8, 4) is 0 Å². The molecule has 1 aliphatic heterocycles. The maximum Gasteiger partial charge on any atom is 0.00967 e. The largest absolute Gasteiger partial charge is 0.311 e. The first-order valence-corrected chi connectivity index (χ1v) is 8.51. The zero-order chi connectivity index (χ0) is 13.8. The van der Waals surface area contributed by atoms with Crippen LogP contribution in [0.2, 0.25) is 0 Å². The number of rotatable bonds is 5. The molecule has 1 saturated heterocycles. The number of nitrogens with zero attached hydrogens (tertiary/aromatic N) is 1. The molecule has 0 saturated carbocycles. The molecule has 18 heavy (non-hydrogen) atoms. The van der Waals surface area contributed by atoms with Gasteiger partial charge in [-0.1, -0.05) is 13.8 Å². The zero-order valence-electron chi connectivity index (χ0n) is 13.2. The van der Waals surface area contributed by atoms with Crippen molar-refractivity contribution >= 4 is 11.8 Å². The normalized spacial score (nSPS) is 20.3. The molecule has 0 spiro atoms. The predicted molar refractivity (Wildman–Crippen MR) is 84.5 cm³/mol. The van der Waals surface area contributed by atoms with Crippen molar-refractivity contribution in [1.82, 2.24) is 10.2 Å². The Hall–Kier alpha value is 0.270. The van der Waals surface area contributed by atoms with Crippen LogP contribution in [-0.2, 0) is 0 Å². The lowest BCUT2D eigenvalue weighted by Gasteiger charge is -2.38. The molecule has 0 radical (unpaired) electrons. The third kappa shape index (κ3) is 6.44. The summed E-state index contributed by atoms with van der Waals surface area (Å²) in [7, 11) is 0. The van der Waals surface area contributed by atoms with E-state index in [1.54, 1.807) is 0 Å². The Balaban J connectivity index is 2.32. The first-order chi connectivity index (χ1) is 8.22. The molecule has 1 heterocycles. The van der Waals surface area contributed by atoms with Crippen LogP contribution in [0, 0.1) is 5.41 Å². The molecule has 0 aromatic rings. The lowest BCUT2D eigenvalue weighted by molar-refractivity contribution is 0.146. The van der Waals surface area contributed by atoms with Gasteiger partial charge < -0.3 is 10.2 Å². The summed E-state index contributed by atoms with van der Waals surface area (Å²) in [6.45, 7) is 16.4. The maximum absolute atomic E-state index is 3.64. The van der Waals surface area contributed by atoms with Crippen molar-refractivity contribution in [3.05, 3.63) is 0 Å². The fraction of sp³-hybridized carbons (Fsp3) is 1.00. The second-order valence-electron chi connectivity index (χ2n) is 7.48. The average Bonchev–Trinajstić information content (AvgIpc) is 2.26. The number of likely N-dealkylation sites (tertiary alicyclic amines) is 1. The standard InChI is InChI=1S/C15H32N2S/c1-14(2,3)16-11-15(4,5)12-17-9-7-13(18-6)8-10-17/h13,16H,7-12H2,1-6H3. The predicted octanol–water partition coefficient (Wildman–Crippen LogP) is 3.23. The fourth-order valence-electron chi connectivity index (χ4n) is 2.47. The molecule has 0 bridgehead atoms. The van der Waals surface area contributed by atoms with Crippen LogP contribution in [0.5, 0.6) is 0 Å². The van der Waals surface area contributed by atoms with Gasteiger partial charge in [0.05, 0.1) is 0 Å². The summed E-state index contributed by atoms with van der Waals surface area (Å²) in [6, 6.07) is 0. The van der Waals surface area contributed by atoms with Crippen LogP contribution in [0.4, 0.5) is 0 Å². The Morgan fingerprint density at radius 1 is 1.11 bits per heavy atom. The first kappa shape index (κ1) is 16.3. The molecule has 108 valence electrons. The summed E-state index contributed by atoms with van der Waals surface area (Å²) in [5.74, 6) is 0. The summed E-state index contributed by atoms with van der Waals surface area (Å²) in [6.07, 6.45) is 4.98. The van der Waals surface area contributed by atoms with E-state index in [0.717, 1.165) is 11.8 Å². The highest BCUT2D eigenvalue weighted by Gasteiger charge is 2.26. The van der Waals surface area contributed by atoms with Crippen molar-refractivity contribution < 1.29 is 0 Å². The van der Waals surface area contributed by atoms with E-state index in [2.05, 4.69) is 51.1 Å². The Morgan fingerprint density at radius 2 is 1.67 bits per heavy atom. The Morgan fingerprint density at radius 3 is 2.11 bits per heavy atom. The van der Waals surface area contributed by atoms with E-state index in [1.807, 2.05) is 11.8 Å². The van der Waals surface area contributed by atoms with Gasteiger partial charge in [0.2, 0.25) is 0 Å². The van der Waals surface area contributed by atoms with E-state index in [4.69, 9.17) is 0 Å². The minimum atomic E-state index is 0.225. The number of nitrogens with one attached hydrogen (secondary N) is 1. The fourth-order valence-corrected chi connectivity index (χ4v) is 3.15. The molecule has 1 aliphatic rings. The van der Waals surface area contributed by atoms with E-state index < -0.39 is 0 Å². The summed E-state index contributed by atoms with van der Waals surface area (Å²) < 4.78 is 0. The van der Waals surface area contributed by atoms with Crippen LogP contribution in [-0.4, -0.2) is 48.1 Å². The molecular formula is C15H32N2S. The zero-order valence-corrected chi connectivity index (χ0v) is 14.0. The van der Waals surface area contributed by atoms with Crippen molar-refractivity contribution in [2.45, 2.75) is 58.2 Å². The second kappa shape index (κ2) is 6.62. The average molecular weight is 273 g/mol. The molecule has 3 heteroatoms. The van der Waals surface area contributed by atoms with Gasteiger partial charge in [0.1, 0.15) is 0 Å². The van der Waals surface area contributed by atoms with Gasteiger partial charge in [0, 0.05) is 23.9 Å². The lowest BCUT2D eigenvalue weighted by atomic mass is 9.90. The Labute approximate surface area is 118 Å². The monoisotopic (exact) mass is 272 g/mol. The van der Waals surface area contributed by atoms with Crippen LogP contribution in [0.1, 0.15) is 47.5 Å². The smallest absolute Gasteiger partial charge is 0.00967 e. The minimum absolute atomic E-state index is 0.225. The molecule has 0 aliphatic carbocycles. The highest BCUT2D eigenvalue weighted by molar-refractivity contribution is 7.99. The molecule has 0 atom stereocenters. The maximum atomic E-state index is 3.64. The first-order valence-electron chi connectivity index (χ1n) is 7.22. The molecule has 1 rings (SSSR count). The van der Waals surface area contributed by atoms with Crippen molar-refractivity contribution in [2.24, 2.45) is 5.41 Å². The van der Waals surface area contributed by atoms with Crippen LogP contribution >= 0.6 is 11.8 Å². The van der Waals surface area contributed by atoms with Gasteiger partial charge in [-0.25, -0.2) is 0 Å². The molecule has 0 amide bonds. The highest BCUT2D eigenvalue weighted by Crippen LogP contribution is 2.24. The molecule has 2 nitrogen and oxygen atoms in total. The van der Waals surface area contributed by atoms with Crippen LogP contribution in [0.25, 0.3) is 0 Å². The Kier molecular flexibility index (Phi) is 6.01. The van der Waals surface area contributed by atoms with Crippen molar-refractivity contribution in [1.29, 1.82) is 0 Å². The number of hydrogen-bond donors (Lipinski definition) is 1. The van der Waals surface area contributed by atoms with Gasteiger partial charge in [0.15, 0.2) is 0 Å². The molecule has 0 unspecified atom stereocenters. The van der Waals surface area contributed by atoms with E-state index in [-0.39, 0.29) is 5.54 Å². The summed E-state index contributed by atoms with van der Waals surface area (Å²) >= 11 is 2.04. The molecule has 1 N–H and O–H groups in total. The quantitative estimate of drug-likeness (QED) is 0.827. The number of hydrogen-bond acceptors (Lipinski definition) is 3. The van der Waals surface area contributed by atoms with Crippen LogP contribution in [0.15, 0.2) is 0 Å². The van der Waals surface area contributed by atoms with Gasteiger partial charge >= 0.3 is 0 Å². The lowest BCUT2D eigenvalue weighted by Crippen LogP contribution is -2.48. The third-order valence-corrected chi connectivity index (χ3v) is 4.75. The molecule has 0 aromatic heterocycles. The highest BCUT2D eigenvalue weighted by atomic mass is 32.2. The van der Waals surface area contributed by atoms with Crippen molar-refractivity contribution in [3.63, 3.8) is 0 Å². The summed E-state index contributed by atoms with van der Waals surface area (Å²) in [5, 5.41) is 4.54. The van der Waals surface area contributed by atoms with E-state index in [1.165, 1.54) is 32.5 Å². The van der Waals surface area contributed by atoms with Gasteiger partial charge in [-0.2, -0.15) is 11.8 Å². The molecular weight excluding hydrogens is 240 g/mol. The molecule has 1 fully saturated rings. The van der Waals surface area contributed by atoms with Crippen molar-refractivity contribution in [2.75, 3.05) is 32.4 Å². The number of thioether (sulfide) groups is 1. The van der Waals surface area contributed by atoms with Gasteiger partial charge in [0.25, 0.3) is 0 Å². The second-order valence-corrected chi connectivity index (χ2v) is 8.62. The SMILES string of the molecule is CSC1CCN(CC(C)(C)CNC(C)(C)C)CC1. The summed E-state index contributed by atoms with van der Waals surface area (Å²) in [5.41, 5.74) is 0.586. The van der Waals surface area contributed by atoms with Crippen LogP contribution in [0.3, 0.4) is 0 Å². The van der Waals surface area contributed by atoms with Gasteiger partial charge in [-0.3, -0.25) is 0 Å². The summed E-state index contributed by atoms with van der Waals surface area (Å²) in [4.78, 5) is 2.65. The van der Waals surface area contributed by atoms with Crippen LogP contribution < -0.4 is 5.32 Å².